The van der Waals surface area contributed by atoms with Crippen molar-refractivity contribution in [3.63, 3.8) is 0 Å². The average molecular weight is 651 g/mol. The summed E-state index contributed by atoms with van der Waals surface area (Å²) < 4.78 is 8.25. The van der Waals surface area contributed by atoms with E-state index >= 15 is 0 Å². The summed E-state index contributed by atoms with van der Waals surface area (Å²) >= 11 is 6.27. The Balaban J connectivity index is 2.21. The van der Waals surface area contributed by atoms with Crippen LogP contribution in [0.2, 0.25) is 0 Å². The molecule has 0 radical (unpaired) electrons. The third kappa shape index (κ3) is 5.06. The first-order chi connectivity index (χ1) is 10.8. The van der Waals surface area contributed by atoms with Crippen molar-refractivity contribution in [2.45, 2.75) is 12.5 Å². The topological polar surface area (TPSA) is 92.8 Å². The Hall–Kier alpha value is -0.340. The van der Waals surface area contributed by atoms with Gasteiger partial charge in [0.2, 0.25) is 0 Å². The summed E-state index contributed by atoms with van der Waals surface area (Å²) in [5.41, 5.74) is 6.43. The van der Waals surface area contributed by atoms with E-state index in [0.29, 0.717) is 15.1 Å². The van der Waals surface area contributed by atoms with Gasteiger partial charge < -0.3 is 20.7 Å². The molecule has 0 aliphatic heterocycles. The second kappa shape index (κ2) is 8.16. The zero-order valence-electron chi connectivity index (χ0n) is 11.6. The first-order valence-corrected chi connectivity index (χ1v) is 9.64. The van der Waals surface area contributed by atoms with Gasteiger partial charge in [0.1, 0.15) is 23.3 Å². The van der Waals surface area contributed by atoms with E-state index in [2.05, 4.69) is 45.2 Å². The summed E-state index contributed by atoms with van der Waals surface area (Å²) in [5, 5.41) is 18.6. The zero-order valence-corrected chi connectivity index (χ0v) is 18.1. The molecule has 0 aliphatic rings. The molecular formula is C15H12I3NO4. The highest BCUT2D eigenvalue weighted by Crippen LogP contribution is 2.34. The van der Waals surface area contributed by atoms with E-state index in [1.807, 2.05) is 34.7 Å². The second-order valence-corrected chi connectivity index (χ2v) is 8.22. The van der Waals surface area contributed by atoms with E-state index in [4.69, 9.17) is 15.6 Å². The largest absolute Gasteiger partial charge is 0.507 e. The molecule has 2 aromatic rings. The lowest BCUT2D eigenvalue weighted by atomic mass is 10.1. The van der Waals surface area contributed by atoms with Crippen molar-refractivity contribution in [3.05, 3.63) is 46.6 Å². The molecule has 122 valence electrons. The lowest BCUT2D eigenvalue weighted by molar-refractivity contribution is -0.138. The van der Waals surface area contributed by atoms with E-state index in [9.17, 15) is 9.90 Å². The monoisotopic (exact) mass is 651 g/mol. The van der Waals surface area contributed by atoms with Crippen LogP contribution < -0.4 is 10.5 Å². The Morgan fingerprint density at radius 3 is 2.43 bits per heavy atom. The number of nitrogens with two attached hydrogens (primary N) is 1. The maximum atomic E-state index is 10.8. The van der Waals surface area contributed by atoms with Crippen LogP contribution in [0.1, 0.15) is 5.56 Å². The van der Waals surface area contributed by atoms with Gasteiger partial charge in [-0.05, 0) is 104 Å². The minimum Gasteiger partial charge on any atom is -0.507 e. The third-order valence-electron chi connectivity index (χ3n) is 3.01. The number of carboxylic acid groups (broad SMARTS) is 1. The number of ether oxygens (including phenoxy) is 1. The number of carbonyl (C=O) groups is 1. The van der Waals surface area contributed by atoms with E-state index < -0.39 is 12.0 Å². The lowest BCUT2D eigenvalue weighted by Gasteiger charge is -2.12. The van der Waals surface area contributed by atoms with Crippen LogP contribution in [0.4, 0.5) is 0 Å². The Morgan fingerprint density at radius 2 is 1.83 bits per heavy atom. The molecule has 2 aromatic carbocycles. The predicted octanol–water partition coefficient (Wildman–Crippen LogP) is 3.95. The highest BCUT2D eigenvalue weighted by Gasteiger charge is 2.15. The molecule has 8 heteroatoms. The van der Waals surface area contributed by atoms with Gasteiger partial charge in [-0.3, -0.25) is 4.79 Å². The molecule has 5 nitrogen and oxygen atoms in total. The van der Waals surface area contributed by atoms with Crippen molar-refractivity contribution < 1.29 is 19.7 Å². The molecule has 23 heavy (non-hydrogen) atoms. The first-order valence-electron chi connectivity index (χ1n) is 6.40. The fourth-order valence-corrected chi connectivity index (χ4v) is 3.51. The van der Waals surface area contributed by atoms with Gasteiger partial charge in [-0.15, -0.1) is 0 Å². The summed E-state index contributed by atoms with van der Waals surface area (Å²) in [7, 11) is 0. The van der Waals surface area contributed by atoms with Crippen LogP contribution in [0, 0.1) is 10.7 Å². The summed E-state index contributed by atoms with van der Waals surface area (Å²) in [6, 6.07) is 7.91. The maximum Gasteiger partial charge on any atom is 0.320 e. The van der Waals surface area contributed by atoms with Crippen LogP contribution in [0.25, 0.3) is 0 Å². The van der Waals surface area contributed by atoms with Gasteiger partial charge in [-0.1, -0.05) is 6.07 Å². The van der Waals surface area contributed by atoms with Crippen LogP contribution >= 0.6 is 67.8 Å². The van der Waals surface area contributed by atoms with Crippen LogP contribution in [-0.4, -0.2) is 22.2 Å². The normalized spacial score (nSPS) is 12.0. The van der Waals surface area contributed by atoms with Crippen molar-refractivity contribution >= 4 is 73.7 Å². The molecule has 0 amide bonds. The smallest absolute Gasteiger partial charge is 0.320 e. The fraction of sp³-hybridized carbons (Fsp3) is 0.133. The van der Waals surface area contributed by atoms with Crippen molar-refractivity contribution in [2.24, 2.45) is 5.73 Å². The molecule has 0 heterocycles. The number of benzene rings is 2. The Morgan fingerprint density at radius 1 is 1.13 bits per heavy atom. The Labute approximate surface area is 174 Å². The number of halogens is 3. The molecule has 1 atom stereocenters. The third-order valence-corrected chi connectivity index (χ3v) is 5.72. The highest BCUT2D eigenvalue weighted by atomic mass is 127. The molecule has 0 saturated carbocycles. The Kier molecular flexibility index (Phi) is 6.74. The molecule has 0 saturated heterocycles. The SMILES string of the molecule is N[C@H](Cc1ccc(Oc2cc(I)c(O)cc2I)cc1I)C(=O)O. The molecule has 2 rings (SSSR count). The number of hydrogen-bond donors (Lipinski definition) is 3. The summed E-state index contributed by atoms with van der Waals surface area (Å²) in [6.07, 6.45) is 0.266. The second-order valence-electron chi connectivity index (χ2n) is 4.74. The van der Waals surface area contributed by atoms with Gasteiger partial charge in [-0.2, -0.15) is 0 Å². The van der Waals surface area contributed by atoms with E-state index in [1.165, 1.54) is 0 Å². The standard InChI is InChI=1S/C15H12I3NO4/c16-9-4-8(2-1-7(9)3-12(19)15(21)22)23-14-6-10(17)13(20)5-11(14)18/h1-2,4-6,12,20H,3,19H2,(H,21,22)/t12-/m1/s1. The molecule has 0 unspecified atom stereocenters. The molecular weight excluding hydrogens is 639 g/mol. The van der Waals surface area contributed by atoms with Gasteiger partial charge >= 0.3 is 5.97 Å². The predicted molar refractivity (Wildman–Crippen MR) is 112 cm³/mol. The van der Waals surface area contributed by atoms with Gasteiger partial charge in [-0.25, -0.2) is 0 Å². The van der Waals surface area contributed by atoms with Gasteiger partial charge in [0.15, 0.2) is 0 Å². The van der Waals surface area contributed by atoms with Crippen molar-refractivity contribution in [1.29, 1.82) is 0 Å². The van der Waals surface area contributed by atoms with Gasteiger partial charge in [0.25, 0.3) is 0 Å². The van der Waals surface area contributed by atoms with Crippen molar-refractivity contribution in [2.75, 3.05) is 0 Å². The number of carboxylic acids is 1. The average Bonchev–Trinajstić information content (AvgIpc) is 2.47. The molecule has 4 N–H and O–H groups in total. The molecule has 0 aromatic heterocycles. The maximum absolute atomic E-state index is 10.8. The highest BCUT2D eigenvalue weighted by molar-refractivity contribution is 14.1. The number of hydrogen-bond acceptors (Lipinski definition) is 4. The number of rotatable bonds is 5. The van der Waals surface area contributed by atoms with E-state index in [1.54, 1.807) is 18.2 Å². The Bertz CT molecular complexity index is 752. The summed E-state index contributed by atoms with van der Waals surface area (Å²) in [6.45, 7) is 0. The van der Waals surface area contributed by atoms with Crippen LogP contribution in [0.15, 0.2) is 30.3 Å². The van der Waals surface area contributed by atoms with E-state index in [-0.39, 0.29) is 12.2 Å². The van der Waals surface area contributed by atoms with E-state index in [0.717, 1.165) is 12.7 Å². The zero-order chi connectivity index (χ0) is 17.1. The van der Waals surface area contributed by atoms with Gasteiger partial charge in [0.05, 0.1) is 7.14 Å². The minimum atomic E-state index is -1.02. The van der Waals surface area contributed by atoms with Crippen LogP contribution in [0.5, 0.6) is 17.2 Å². The quantitative estimate of drug-likeness (QED) is 0.427. The van der Waals surface area contributed by atoms with Crippen LogP contribution in [0.3, 0.4) is 0 Å². The minimum absolute atomic E-state index is 0.218. The molecule has 0 fully saturated rings. The number of aromatic hydroxyl groups is 1. The van der Waals surface area contributed by atoms with Crippen molar-refractivity contribution in [1.82, 2.24) is 0 Å². The lowest BCUT2D eigenvalue weighted by Crippen LogP contribution is -2.32. The summed E-state index contributed by atoms with van der Waals surface area (Å²) in [5.74, 6) is 0.490. The number of aliphatic carboxylic acids is 1. The molecule has 0 spiro atoms. The fourth-order valence-electron chi connectivity index (χ4n) is 1.80. The summed E-state index contributed by atoms with van der Waals surface area (Å²) in [4.78, 5) is 10.8. The molecule has 0 aliphatic carbocycles. The first kappa shape index (κ1) is 19.0. The van der Waals surface area contributed by atoms with Gasteiger partial charge in [0, 0.05) is 3.57 Å². The molecule has 0 bridgehead atoms. The number of phenols is 1. The van der Waals surface area contributed by atoms with Crippen LogP contribution in [-0.2, 0) is 11.2 Å². The van der Waals surface area contributed by atoms with Crippen molar-refractivity contribution in [3.8, 4) is 17.2 Å². The number of phenolic OH excluding ortho intramolecular Hbond substituents is 1.